The van der Waals surface area contributed by atoms with Crippen LogP contribution in [0.2, 0.25) is 5.02 Å². The van der Waals surface area contributed by atoms with Crippen molar-refractivity contribution in [3.8, 4) is 0 Å². The Morgan fingerprint density at radius 3 is 2.62 bits per heavy atom. The van der Waals surface area contributed by atoms with Crippen LogP contribution >= 0.6 is 11.6 Å². The molecule has 120 valence electrons. The number of rotatable bonds is 5. The van der Waals surface area contributed by atoms with E-state index in [1.165, 1.54) is 6.26 Å². The van der Waals surface area contributed by atoms with E-state index >= 15 is 0 Å². The lowest BCUT2D eigenvalue weighted by Crippen LogP contribution is -2.05. The lowest BCUT2D eigenvalue weighted by Gasteiger charge is -2.14. The normalized spacial score (nSPS) is 11.8. The van der Waals surface area contributed by atoms with Crippen LogP contribution in [0, 0.1) is 6.92 Å². The lowest BCUT2D eigenvalue weighted by molar-refractivity contribution is -0.103. The monoisotopic (exact) mass is 338 g/mol. The fraction of sp³-hybridized carbons (Fsp3) is 0.0526. The maximum atomic E-state index is 11.8. The maximum Gasteiger partial charge on any atom is 0.243 e. The largest absolute Gasteiger partial charge is 0.443 e. The van der Waals surface area contributed by atoms with Gasteiger partial charge < -0.3 is 9.73 Å². The number of carbonyl (C=O) groups excluding carboxylic acids is 1. The molecule has 0 unspecified atom stereocenters. The summed E-state index contributed by atoms with van der Waals surface area (Å²) < 4.78 is 5.42. The highest BCUT2D eigenvalue weighted by Gasteiger charge is 2.16. The standard InChI is InChI=1S/C19H15ClN2O2/c1-13-11-15(20)7-8-17(13)22-18(19-21-9-10-24-19)16(12-23)14-5-3-2-4-6-14/h2-12,22H,1H3/b18-16+. The third kappa shape index (κ3) is 3.39. The summed E-state index contributed by atoms with van der Waals surface area (Å²) in [5, 5.41) is 3.91. The maximum absolute atomic E-state index is 11.8. The van der Waals surface area contributed by atoms with E-state index in [4.69, 9.17) is 16.0 Å². The molecule has 4 nitrogen and oxygen atoms in total. The topological polar surface area (TPSA) is 55.1 Å². The Hall–Kier alpha value is -2.85. The van der Waals surface area contributed by atoms with Gasteiger partial charge in [-0.2, -0.15) is 0 Å². The van der Waals surface area contributed by atoms with E-state index in [0.717, 1.165) is 23.1 Å². The molecule has 1 heterocycles. The van der Waals surface area contributed by atoms with Crippen LogP contribution in [0.4, 0.5) is 5.69 Å². The summed E-state index contributed by atoms with van der Waals surface area (Å²) in [6.45, 7) is 1.94. The number of hydrogen-bond acceptors (Lipinski definition) is 4. The van der Waals surface area contributed by atoms with Crippen LogP contribution < -0.4 is 5.32 Å². The van der Waals surface area contributed by atoms with Gasteiger partial charge in [-0.05, 0) is 36.2 Å². The zero-order valence-corrected chi connectivity index (χ0v) is 13.7. The number of anilines is 1. The Kier molecular flexibility index (Phi) is 4.77. The van der Waals surface area contributed by atoms with Gasteiger partial charge in [-0.25, -0.2) is 4.98 Å². The van der Waals surface area contributed by atoms with Crippen molar-refractivity contribution in [2.75, 3.05) is 5.32 Å². The van der Waals surface area contributed by atoms with E-state index in [0.29, 0.717) is 22.2 Å². The SMILES string of the molecule is Cc1cc(Cl)ccc1N/C(=C(\C=O)c1ccccc1)c1ncco1. The Morgan fingerprint density at radius 2 is 2.00 bits per heavy atom. The van der Waals surface area contributed by atoms with Crippen molar-refractivity contribution in [3.05, 3.63) is 83.0 Å². The molecule has 2 aromatic carbocycles. The minimum atomic E-state index is 0.343. The van der Waals surface area contributed by atoms with Crippen molar-refractivity contribution < 1.29 is 9.21 Å². The molecule has 5 heteroatoms. The number of halogens is 1. The average molecular weight is 339 g/mol. The quantitative estimate of drug-likeness (QED) is 0.535. The second-order valence-electron chi connectivity index (χ2n) is 5.19. The van der Waals surface area contributed by atoms with Crippen LogP contribution in [0.3, 0.4) is 0 Å². The van der Waals surface area contributed by atoms with Gasteiger partial charge in [0.05, 0.1) is 11.8 Å². The second kappa shape index (κ2) is 7.15. The molecule has 0 bridgehead atoms. The fourth-order valence-corrected chi connectivity index (χ4v) is 2.60. The highest BCUT2D eigenvalue weighted by Crippen LogP contribution is 2.28. The first kappa shape index (κ1) is 16.0. The fourth-order valence-electron chi connectivity index (χ4n) is 2.37. The number of carbonyl (C=O) groups is 1. The van der Waals surface area contributed by atoms with Gasteiger partial charge in [0.15, 0.2) is 6.29 Å². The van der Waals surface area contributed by atoms with E-state index in [2.05, 4.69) is 10.3 Å². The van der Waals surface area contributed by atoms with Crippen LogP contribution in [-0.4, -0.2) is 11.3 Å². The molecule has 24 heavy (non-hydrogen) atoms. The van der Waals surface area contributed by atoms with Gasteiger partial charge in [0.2, 0.25) is 5.89 Å². The molecule has 0 radical (unpaired) electrons. The van der Waals surface area contributed by atoms with E-state index in [1.54, 1.807) is 12.3 Å². The number of nitrogens with one attached hydrogen (secondary N) is 1. The molecule has 0 saturated carbocycles. The van der Waals surface area contributed by atoms with E-state index < -0.39 is 0 Å². The predicted molar refractivity (Wildman–Crippen MR) is 95.6 cm³/mol. The van der Waals surface area contributed by atoms with Crippen LogP contribution in [0.15, 0.2) is 65.4 Å². The molecule has 0 aliphatic rings. The number of nitrogens with zero attached hydrogens (tertiary/aromatic N) is 1. The Balaban J connectivity index is 2.13. The van der Waals surface area contributed by atoms with Crippen LogP contribution in [0.5, 0.6) is 0 Å². The highest BCUT2D eigenvalue weighted by atomic mass is 35.5. The van der Waals surface area contributed by atoms with Crippen molar-refractivity contribution >= 4 is 34.8 Å². The Bertz CT molecular complexity index is 872. The smallest absolute Gasteiger partial charge is 0.243 e. The number of oxazole rings is 1. The molecule has 0 aliphatic carbocycles. The number of allylic oxidation sites excluding steroid dienone is 1. The van der Waals surface area contributed by atoms with Gasteiger partial charge in [-0.15, -0.1) is 0 Å². The van der Waals surface area contributed by atoms with Crippen LogP contribution in [-0.2, 0) is 4.79 Å². The van der Waals surface area contributed by atoms with E-state index in [-0.39, 0.29) is 0 Å². The van der Waals surface area contributed by atoms with Crippen molar-refractivity contribution in [1.29, 1.82) is 0 Å². The van der Waals surface area contributed by atoms with Gasteiger partial charge in [0, 0.05) is 10.7 Å². The minimum absolute atomic E-state index is 0.343. The van der Waals surface area contributed by atoms with Crippen molar-refractivity contribution in [2.24, 2.45) is 0 Å². The second-order valence-corrected chi connectivity index (χ2v) is 5.63. The third-order valence-electron chi connectivity index (χ3n) is 3.57. The molecule has 0 aliphatic heterocycles. The molecule has 0 fully saturated rings. The zero-order chi connectivity index (χ0) is 16.9. The van der Waals surface area contributed by atoms with Gasteiger partial charge in [0.1, 0.15) is 12.0 Å². The predicted octanol–water partition coefficient (Wildman–Crippen LogP) is 4.82. The first-order valence-electron chi connectivity index (χ1n) is 7.37. The molecular weight excluding hydrogens is 324 g/mol. The zero-order valence-electron chi connectivity index (χ0n) is 13.0. The minimum Gasteiger partial charge on any atom is -0.443 e. The summed E-state index contributed by atoms with van der Waals surface area (Å²) in [6, 6.07) is 14.9. The van der Waals surface area contributed by atoms with Crippen molar-refractivity contribution in [3.63, 3.8) is 0 Å². The van der Waals surface area contributed by atoms with Gasteiger partial charge in [-0.3, -0.25) is 4.79 Å². The van der Waals surface area contributed by atoms with Crippen LogP contribution in [0.25, 0.3) is 11.3 Å². The summed E-state index contributed by atoms with van der Waals surface area (Å²) in [6.07, 6.45) is 3.81. The molecule has 1 N–H and O–H groups in total. The first-order valence-corrected chi connectivity index (χ1v) is 7.75. The van der Waals surface area contributed by atoms with Crippen molar-refractivity contribution in [1.82, 2.24) is 4.98 Å². The lowest BCUT2D eigenvalue weighted by atomic mass is 10.0. The number of aldehydes is 1. The highest BCUT2D eigenvalue weighted by molar-refractivity contribution is 6.30. The van der Waals surface area contributed by atoms with Gasteiger partial charge in [-0.1, -0.05) is 41.9 Å². The first-order chi connectivity index (χ1) is 11.7. The van der Waals surface area contributed by atoms with Gasteiger partial charge in [0.25, 0.3) is 0 Å². The molecule has 3 aromatic rings. The molecule has 1 aromatic heterocycles. The molecule has 0 atom stereocenters. The summed E-state index contributed by atoms with van der Waals surface area (Å²) >= 11 is 6.01. The molecule has 0 spiro atoms. The molecule has 0 amide bonds. The summed E-state index contributed by atoms with van der Waals surface area (Å²) in [7, 11) is 0. The number of aryl methyl sites for hydroxylation is 1. The van der Waals surface area contributed by atoms with E-state index in [9.17, 15) is 4.79 Å². The summed E-state index contributed by atoms with van der Waals surface area (Å²) in [4.78, 5) is 16.0. The summed E-state index contributed by atoms with van der Waals surface area (Å²) in [5.74, 6) is 0.343. The Labute approximate surface area is 144 Å². The molecular formula is C19H15ClN2O2. The van der Waals surface area contributed by atoms with Gasteiger partial charge >= 0.3 is 0 Å². The number of aromatic nitrogens is 1. The van der Waals surface area contributed by atoms with Crippen molar-refractivity contribution in [2.45, 2.75) is 6.92 Å². The number of hydrogen-bond donors (Lipinski definition) is 1. The van der Waals surface area contributed by atoms with E-state index in [1.807, 2.05) is 49.4 Å². The van der Waals surface area contributed by atoms with Crippen LogP contribution in [0.1, 0.15) is 17.0 Å². The Morgan fingerprint density at radius 1 is 1.21 bits per heavy atom. The molecule has 0 saturated heterocycles. The number of benzene rings is 2. The third-order valence-corrected chi connectivity index (χ3v) is 3.80. The average Bonchev–Trinajstić information content (AvgIpc) is 3.12. The molecule has 3 rings (SSSR count). The summed E-state index contributed by atoms with van der Waals surface area (Å²) in [5.41, 5.74) is 3.52.